The number of benzene rings is 2. The van der Waals surface area contributed by atoms with E-state index in [9.17, 15) is 0 Å². The average molecular weight is 463 g/mol. The molecule has 10 nitrogen and oxygen atoms in total. The van der Waals surface area contributed by atoms with Crippen molar-refractivity contribution in [3.8, 4) is 17.3 Å². The minimum atomic E-state index is 0.416. The highest BCUT2D eigenvalue weighted by molar-refractivity contribution is 5.80. The van der Waals surface area contributed by atoms with Gasteiger partial charge in [0, 0.05) is 38.5 Å². The van der Waals surface area contributed by atoms with Crippen LogP contribution >= 0.6 is 0 Å². The quantitative estimate of drug-likeness (QED) is 0.363. The number of aromatic nitrogens is 4. The minimum absolute atomic E-state index is 0.416. The third-order valence-electron chi connectivity index (χ3n) is 5.53. The second-order valence-corrected chi connectivity index (χ2v) is 8.17. The van der Waals surface area contributed by atoms with Crippen LogP contribution in [-0.4, -0.2) is 72.9 Å². The zero-order valence-electron chi connectivity index (χ0n) is 20.1. The van der Waals surface area contributed by atoms with Gasteiger partial charge in [0.05, 0.1) is 42.3 Å². The van der Waals surface area contributed by atoms with Gasteiger partial charge >= 0.3 is 0 Å². The third kappa shape index (κ3) is 4.81. The summed E-state index contributed by atoms with van der Waals surface area (Å²) in [7, 11) is 9.36. The number of imidazole rings is 1. The first-order chi connectivity index (χ1) is 16.4. The van der Waals surface area contributed by atoms with Gasteiger partial charge in [0.15, 0.2) is 0 Å². The van der Waals surface area contributed by atoms with Crippen LogP contribution in [0.2, 0.25) is 0 Å². The Labute approximate surface area is 198 Å². The molecule has 0 fully saturated rings. The Kier molecular flexibility index (Phi) is 6.69. The number of nitrogens with zero attached hydrogens (tertiary/aromatic N) is 6. The summed E-state index contributed by atoms with van der Waals surface area (Å²) < 4.78 is 12.8. The zero-order chi connectivity index (χ0) is 24.2. The summed E-state index contributed by atoms with van der Waals surface area (Å²) in [6.07, 6.45) is 3.42. The van der Waals surface area contributed by atoms with Crippen LogP contribution in [0.15, 0.2) is 48.9 Å². The number of likely N-dealkylation sites (N-methyl/N-ethyl adjacent to an activating group) is 2. The number of nitrogen functional groups attached to an aromatic ring is 1. The number of nitrogens with two attached hydrogens (primary N) is 1. The molecule has 0 amide bonds. The lowest BCUT2D eigenvalue weighted by atomic mass is 10.2. The van der Waals surface area contributed by atoms with E-state index in [-0.39, 0.29) is 0 Å². The Hall–Kier alpha value is -4.05. The van der Waals surface area contributed by atoms with Gasteiger partial charge in [-0.2, -0.15) is 4.98 Å². The molecule has 4 rings (SSSR count). The van der Waals surface area contributed by atoms with Crippen LogP contribution < -0.4 is 25.4 Å². The standard InChI is InChI=1S/C24H30N8O2/c1-30(2)10-11-31(3)21-14-22(34-5)19(13-17(21)25)28-24-26-9-8-23(29-24)32-15-27-18-12-16(33-4)6-7-20(18)32/h6-9,12-15H,10-11,25H2,1-5H3,(H,26,28,29). The number of hydrogen-bond donors (Lipinski definition) is 2. The van der Waals surface area contributed by atoms with Gasteiger partial charge in [-0.15, -0.1) is 0 Å². The molecule has 0 bridgehead atoms. The van der Waals surface area contributed by atoms with E-state index in [1.54, 1.807) is 26.7 Å². The van der Waals surface area contributed by atoms with E-state index in [0.717, 1.165) is 35.6 Å². The van der Waals surface area contributed by atoms with Crippen molar-refractivity contribution in [1.82, 2.24) is 24.4 Å². The Morgan fingerprint density at radius 3 is 2.56 bits per heavy atom. The maximum Gasteiger partial charge on any atom is 0.229 e. The van der Waals surface area contributed by atoms with Gasteiger partial charge in [-0.25, -0.2) is 9.97 Å². The predicted molar refractivity (Wildman–Crippen MR) is 136 cm³/mol. The molecule has 2 aromatic heterocycles. The maximum absolute atomic E-state index is 6.38. The molecule has 10 heteroatoms. The summed E-state index contributed by atoms with van der Waals surface area (Å²) in [6.45, 7) is 1.75. The zero-order valence-corrected chi connectivity index (χ0v) is 20.1. The normalized spacial score (nSPS) is 11.1. The van der Waals surface area contributed by atoms with Gasteiger partial charge in [-0.3, -0.25) is 4.57 Å². The highest BCUT2D eigenvalue weighted by atomic mass is 16.5. The second kappa shape index (κ2) is 9.84. The van der Waals surface area contributed by atoms with E-state index in [2.05, 4.69) is 30.1 Å². The monoisotopic (exact) mass is 462 g/mol. The molecule has 34 heavy (non-hydrogen) atoms. The SMILES string of the molecule is COc1ccc2c(c1)ncn2-c1ccnc(Nc2cc(N)c(N(C)CCN(C)C)cc2OC)n1. The Bertz CT molecular complexity index is 1290. The number of methoxy groups -OCH3 is 2. The first-order valence-electron chi connectivity index (χ1n) is 10.8. The van der Waals surface area contributed by atoms with Gasteiger partial charge in [0.2, 0.25) is 5.95 Å². The van der Waals surface area contributed by atoms with Crippen LogP contribution in [0, 0.1) is 0 Å². The van der Waals surface area contributed by atoms with Gasteiger partial charge in [-0.1, -0.05) is 0 Å². The molecule has 2 aromatic carbocycles. The Morgan fingerprint density at radius 1 is 1.00 bits per heavy atom. The molecular weight excluding hydrogens is 432 g/mol. The highest BCUT2D eigenvalue weighted by Gasteiger charge is 2.14. The molecule has 178 valence electrons. The molecule has 4 aromatic rings. The maximum atomic E-state index is 6.38. The van der Waals surface area contributed by atoms with E-state index in [1.807, 2.05) is 62.1 Å². The molecule has 0 spiro atoms. The third-order valence-corrected chi connectivity index (χ3v) is 5.53. The fourth-order valence-electron chi connectivity index (χ4n) is 3.62. The lowest BCUT2D eigenvalue weighted by molar-refractivity contribution is 0.413. The summed E-state index contributed by atoms with van der Waals surface area (Å²) in [6, 6.07) is 11.3. The van der Waals surface area contributed by atoms with Crippen molar-refractivity contribution >= 4 is 34.0 Å². The molecule has 0 aliphatic rings. The number of fused-ring (bicyclic) bond motifs is 1. The summed E-state index contributed by atoms with van der Waals surface area (Å²) in [5.74, 6) is 2.50. The van der Waals surface area contributed by atoms with Crippen LogP contribution in [0.4, 0.5) is 23.0 Å². The van der Waals surface area contributed by atoms with Crippen LogP contribution in [-0.2, 0) is 0 Å². The van der Waals surface area contributed by atoms with E-state index in [1.165, 1.54) is 0 Å². The van der Waals surface area contributed by atoms with Crippen molar-refractivity contribution in [3.05, 3.63) is 48.9 Å². The lowest BCUT2D eigenvalue weighted by Gasteiger charge is -2.24. The molecule has 0 atom stereocenters. The number of rotatable bonds is 9. The topological polar surface area (TPSA) is 107 Å². The van der Waals surface area contributed by atoms with Gasteiger partial charge in [0.1, 0.15) is 23.6 Å². The molecule has 2 heterocycles. The fourth-order valence-corrected chi connectivity index (χ4v) is 3.62. The van der Waals surface area contributed by atoms with E-state index in [4.69, 9.17) is 15.2 Å². The number of ether oxygens (including phenoxy) is 2. The molecule has 0 saturated carbocycles. The van der Waals surface area contributed by atoms with Crippen molar-refractivity contribution in [1.29, 1.82) is 0 Å². The van der Waals surface area contributed by atoms with Crippen LogP contribution in [0.3, 0.4) is 0 Å². The summed E-state index contributed by atoms with van der Waals surface area (Å²) in [5, 5.41) is 3.24. The van der Waals surface area contributed by atoms with Crippen LogP contribution in [0.1, 0.15) is 0 Å². The van der Waals surface area contributed by atoms with Crippen molar-refractivity contribution in [2.75, 3.05) is 64.4 Å². The predicted octanol–water partition coefficient (Wildman–Crippen LogP) is 3.16. The smallest absolute Gasteiger partial charge is 0.229 e. The van der Waals surface area contributed by atoms with E-state index in [0.29, 0.717) is 28.9 Å². The lowest BCUT2D eigenvalue weighted by Crippen LogP contribution is -2.29. The summed E-state index contributed by atoms with van der Waals surface area (Å²) >= 11 is 0. The van der Waals surface area contributed by atoms with Crippen molar-refractivity contribution in [3.63, 3.8) is 0 Å². The molecule has 0 aliphatic carbocycles. The van der Waals surface area contributed by atoms with Crippen molar-refractivity contribution in [2.24, 2.45) is 0 Å². The number of anilines is 4. The molecule has 0 radical (unpaired) electrons. The second-order valence-electron chi connectivity index (χ2n) is 8.17. The van der Waals surface area contributed by atoms with Crippen LogP contribution in [0.5, 0.6) is 11.5 Å². The largest absolute Gasteiger partial charge is 0.497 e. The molecule has 0 unspecified atom stereocenters. The number of hydrogen-bond acceptors (Lipinski definition) is 9. The first kappa shape index (κ1) is 23.1. The summed E-state index contributed by atoms with van der Waals surface area (Å²) in [5.41, 5.74) is 10.3. The van der Waals surface area contributed by atoms with Gasteiger partial charge in [-0.05, 0) is 38.4 Å². The Morgan fingerprint density at radius 2 is 1.82 bits per heavy atom. The van der Waals surface area contributed by atoms with Crippen LogP contribution in [0.25, 0.3) is 16.9 Å². The van der Waals surface area contributed by atoms with E-state index >= 15 is 0 Å². The van der Waals surface area contributed by atoms with E-state index < -0.39 is 0 Å². The van der Waals surface area contributed by atoms with Crippen molar-refractivity contribution in [2.45, 2.75) is 0 Å². The average Bonchev–Trinajstić information content (AvgIpc) is 3.26. The minimum Gasteiger partial charge on any atom is -0.497 e. The Balaban J connectivity index is 1.61. The molecule has 3 N–H and O–H groups in total. The van der Waals surface area contributed by atoms with Crippen molar-refractivity contribution < 1.29 is 9.47 Å². The first-order valence-corrected chi connectivity index (χ1v) is 10.8. The molecular formula is C24H30N8O2. The number of nitrogens with one attached hydrogen (secondary N) is 1. The molecule has 0 saturated heterocycles. The fraction of sp³-hybridized carbons (Fsp3) is 0.292. The summed E-state index contributed by atoms with van der Waals surface area (Å²) in [4.78, 5) is 17.8. The highest BCUT2D eigenvalue weighted by Crippen LogP contribution is 2.36. The van der Waals surface area contributed by atoms with Gasteiger partial charge < -0.3 is 30.3 Å². The molecule has 0 aliphatic heterocycles. The van der Waals surface area contributed by atoms with Gasteiger partial charge in [0.25, 0.3) is 0 Å².